The molecule has 6 heteroatoms. The van der Waals surface area contributed by atoms with E-state index in [1.165, 1.54) is 12.8 Å². The molecule has 0 spiro atoms. The SMILES string of the molecule is COc1cc(C(=O)N2C[C@@H]3CCC[C@@]3(C(=O)O)C2)ccc1OC1CCCC1. The largest absolute Gasteiger partial charge is 0.493 e. The maximum Gasteiger partial charge on any atom is 0.311 e. The normalized spacial score (nSPS) is 27.6. The first-order valence-electron chi connectivity index (χ1n) is 9.91. The molecule has 0 unspecified atom stereocenters. The van der Waals surface area contributed by atoms with Gasteiger partial charge in [0.25, 0.3) is 5.91 Å². The minimum atomic E-state index is -0.766. The Balaban J connectivity index is 1.51. The first kappa shape index (κ1) is 18.1. The van der Waals surface area contributed by atoms with Crippen LogP contribution >= 0.6 is 0 Å². The summed E-state index contributed by atoms with van der Waals surface area (Å²) in [6, 6.07) is 5.28. The minimum Gasteiger partial charge on any atom is -0.493 e. The number of carbonyl (C=O) groups excluding carboxylic acids is 1. The zero-order valence-electron chi connectivity index (χ0n) is 15.8. The molecule has 2 atom stereocenters. The van der Waals surface area contributed by atoms with Crippen molar-refractivity contribution in [3.8, 4) is 11.5 Å². The monoisotopic (exact) mass is 373 g/mol. The Morgan fingerprint density at radius 1 is 1.15 bits per heavy atom. The summed E-state index contributed by atoms with van der Waals surface area (Å²) >= 11 is 0. The van der Waals surface area contributed by atoms with Crippen molar-refractivity contribution >= 4 is 11.9 Å². The van der Waals surface area contributed by atoms with Crippen LogP contribution in [0.1, 0.15) is 55.3 Å². The maximum atomic E-state index is 13.0. The molecule has 0 radical (unpaired) electrons. The van der Waals surface area contributed by atoms with Crippen molar-refractivity contribution in [3.63, 3.8) is 0 Å². The van der Waals surface area contributed by atoms with Gasteiger partial charge in [0.05, 0.1) is 18.6 Å². The molecule has 3 fully saturated rings. The number of nitrogens with zero attached hydrogens (tertiary/aromatic N) is 1. The third-order valence-electron chi connectivity index (χ3n) is 6.59. The Kier molecular flexibility index (Phi) is 4.74. The number of fused-ring (bicyclic) bond motifs is 1. The summed E-state index contributed by atoms with van der Waals surface area (Å²) < 4.78 is 11.5. The average Bonchev–Trinajstić information content (AvgIpc) is 3.37. The number of carboxylic acid groups (broad SMARTS) is 1. The predicted molar refractivity (Wildman–Crippen MR) is 99.2 cm³/mol. The fourth-order valence-electron chi connectivity index (χ4n) is 5.06. The maximum absolute atomic E-state index is 13.0. The van der Waals surface area contributed by atoms with Crippen LogP contribution in [0.15, 0.2) is 18.2 Å². The fourth-order valence-corrected chi connectivity index (χ4v) is 5.06. The number of benzene rings is 1. The topological polar surface area (TPSA) is 76.1 Å². The van der Waals surface area contributed by atoms with Gasteiger partial charge in [0.1, 0.15) is 0 Å². The van der Waals surface area contributed by atoms with Gasteiger partial charge < -0.3 is 19.5 Å². The highest BCUT2D eigenvalue weighted by Gasteiger charge is 2.55. The molecule has 1 saturated heterocycles. The van der Waals surface area contributed by atoms with Gasteiger partial charge in [0.2, 0.25) is 0 Å². The van der Waals surface area contributed by atoms with E-state index in [0.717, 1.165) is 25.7 Å². The summed E-state index contributed by atoms with van der Waals surface area (Å²) in [5.74, 6) is 0.390. The molecule has 2 saturated carbocycles. The van der Waals surface area contributed by atoms with Crippen LogP contribution in [0.2, 0.25) is 0 Å². The number of rotatable bonds is 5. The molecule has 1 heterocycles. The standard InChI is InChI=1S/C21H27NO5/c1-26-18-11-14(8-9-17(18)27-16-6-2-3-7-16)19(23)22-12-15-5-4-10-21(15,13-22)20(24)25/h8-9,11,15-16H,2-7,10,12-13H2,1H3,(H,24,25)/t15-,21+/m0/s1. The predicted octanol–water partition coefficient (Wildman–Crippen LogP) is 3.34. The molecule has 1 aromatic carbocycles. The molecule has 6 nitrogen and oxygen atoms in total. The van der Waals surface area contributed by atoms with Crippen molar-refractivity contribution < 1.29 is 24.2 Å². The van der Waals surface area contributed by atoms with Crippen LogP contribution in [-0.2, 0) is 4.79 Å². The molecule has 1 aromatic rings. The second kappa shape index (κ2) is 7.06. The lowest BCUT2D eigenvalue weighted by Gasteiger charge is -2.23. The summed E-state index contributed by atoms with van der Waals surface area (Å²) in [5, 5.41) is 9.72. The van der Waals surface area contributed by atoms with E-state index in [1.54, 1.807) is 30.2 Å². The lowest BCUT2D eigenvalue weighted by Crippen LogP contribution is -2.37. The summed E-state index contributed by atoms with van der Waals surface area (Å²) in [5.41, 5.74) is -0.239. The first-order valence-corrected chi connectivity index (χ1v) is 9.91. The molecule has 0 bridgehead atoms. The highest BCUT2D eigenvalue weighted by Crippen LogP contribution is 2.49. The Labute approximate surface area is 159 Å². The van der Waals surface area contributed by atoms with Gasteiger partial charge >= 0.3 is 5.97 Å². The van der Waals surface area contributed by atoms with Crippen molar-refractivity contribution in [1.82, 2.24) is 4.90 Å². The number of hydrogen-bond donors (Lipinski definition) is 1. The second-order valence-corrected chi connectivity index (χ2v) is 8.13. The third-order valence-corrected chi connectivity index (χ3v) is 6.59. The molecule has 4 rings (SSSR count). The lowest BCUT2D eigenvalue weighted by molar-refractivity contribution is -0.149. The Morgan fingerprint density at radius 3 is 2.59 bits per heavy atom. The van der Waals surface area contributed by atoms with Crippen LogP contribution in [-0.4, -0.2) is 48.2 Å². The number of carboxylic acids is 1. The quantitative estimate of drug-likeness (QED) is 0.857. The number of likely N-dealkylation sites (tertiary alicyclic amines) is 1. The molecule has 3 aliphatic rings. The van der Waals surface area contributed by atoms with Gasteiger partial charge in [-0.05, 0) is 62.6 Å². The van der Waals surface area contributed by atoms with Crippen LogP contribution < -0.4 is 9.47 Å². The highest BCUT2D eigenvalue weighted by atomic mass is 16.5. The van der Waals surface area contributed by atoms with E-state index in [-0.39, 0.29) is 17.9 Å². The highest BCUT2D eigenvalue weighted by molar-refractivity contribution is 5.96. The van der Waals surface area contributed by atoms with E-state index < -0.39 is 11.4 Å². The molecule has 1 amide bonds. The molecule has 1 aliphatic heterocycles. The van der Waals surface area contributed by atoms with Gasteiger partial charge in [0, 0.05) is 18.7 Å². The molecule has 146 valence electrons. The van der Waals surface area contributed by atoms with Crippen LogP contribution in [0.4, 0.5) is 0 Å². The molecular weight excluding hydrogens is 346 g/mol. The van der Waals surface area contributed by atoms with E-state index in [4.69, 9.17) is 9.47 Å². The van der Waals surface area contributed by atoms with Gasteiger partial charge in [0.15, 0.2) is 11.5 Å². The fraction of sp³-hybridized carbons (Fsp3) is 0.619. The number of amides is 1. The van der Waals surface area contributed by atoms with Crippen LogP contribution in [0.5, 0.6) is 11.5 Å². The van der Waals surface area contributed by atoms with E-state index in [0.29, 0.717) is 36.6 Å². The second-order valence-electron chi connectivity index (χ2n) is 8.13. The van der Waals surface area contributed by atoms with Gasteiger partial charge in [-0.2, -0.15) is 0 Å². The summed E-state index contributed by atoms with van der Waals surface area (Å²) in [6.45, 7) is 0.822. The number of ether oxygens (including phenoxy) is 2. The molecule has 0 aromatic heterocycles. The number of hydrogen-bond acceptors (Lipinski definition) is 4. The molecule has 2 aliphatic carbocycles. The number of aliphatic carboxylic acids is 1. The van der Waals surface area contributed by atoms with Gasteiger partial charge in [-0.1, -0.05) is 6.42 Å². The first-order chi connectivity index (χ1) is 13.0. The van der Waals surface area contributed by atoms with Crippen molar-refractivity contribution in [2.75, 3.05) is 20.2 Å². The minimum absolute atomic E-state index is 0.0609. The van der Waals surface area contributed by atoms with E-state index in [1.807, 2.05) is 0 Å². The summed E-state index contributed by atoms with van der Waals surface area (Å²) in [7, 11) is 1.57. The zero-order chi connectivity index (χ0) is 19.0. The van der Waals surface area contributed by atoms with Crippen molar-refractivity contribution in [2.45, 2.75) is 51.0 Å². The van der Waals surface area contributed by atoms with E-state index in [2.05, 4.69) is 0 Å². The zero-order valence-corrected chi connectivity index (χ0v) is 15.8. The van der Waals surface area contributed by atoms with E-state index in [9.17, 15) is 14.7 Å². The molecule has 1 N–H and O–H groups in total. The number of carbonyl (C=O) groups is 2. The van der Waals surface area contributed by atoms with E-state index >= 15 is 0 Å². The van der Waals surface area contributed by atoms with Crippen molar-refractivity contribution in [2.24, 2.45) is 11.3 Å². The van der Waals surface area contributed by atoms with Gasteiger partial charge in [-0.3, -0.25) is 9.59 Å². The van der Waals surface area contributed by atoms with Crippen molar-refractivity contribution in [3.05, 3.63) is 23.8 Å². The Morgan fingerprint density at radius 2 is 1.93 bits per heavy atom. The lowest BCUT2D eigenvalue weighted by atomic mass is 9.81. The van der Waals surface area contributed by atoms with Crippen LogP contribution in [0.3, 0.4) is 0 Å². The summed E-state index contributed by atoms with van der Waals surface area (Å²) in [4.78, 5) is 26.5. The van der Waals surface area contributed by atoms with Crippen molar-refractivity contribution in [1.29, 1.82) is 0 Å². The Hall–Kier alpha value is -2.24. The number of methoxy groups -OCH3 is 1. The smallest absolute Gasteiger partial charge is 0.311 e. The summed E-state index contributed by atoms with van der Waals surface area (Å²) in [6.07, 6.45) is 7.17. The van der Waals surface area contributed by atoms with Crippen LogP contribution in [0.25, 0.3) is 0 Å². The average molecular weight is 373 g/mol. The van der Waals surface area contributed by atoms with Gasteiger partial charge in [-0.15, -0.1) is 0 Å². The van der Waals surface area contributed by atoms with Crippen LogP contribution in [0, 0.1) is 11.3 Å². The molecule has 27 heavy (non-hydrogen) atoms. The molecular formula is C21H27NO5. The third kappa shape index (κ3) is 3.15. The Bertz CT molecular complexity index is 742. The van der Waals surface area contributed by atoms with Gasteiger partial charge in [-0.25, -0.2) is 0 Å².